The summed E-state index contributed by atoms with van der Waals surface area (Å²) in [4.78, 5) is 11.8. The Balaban J connectivity index is 2.00. The molecule has 1 aromatic heterocycles. The molecule has 0 bridgehead atoms. The zero-order valence-corrected chi connectivity index (χ0v) is 12.7. The van der Waals surface area contributed by atoms with Crippen LogP contribution in [0, 0.1) is 5.92 Å². The third-order valence-corrected chi connectivity index (χ3v) is 2.90. The molecule has 21 heavy (non-hydrogen) atoms. The highest BCUT2D eigenvalue weighted by Gasteiger charge is 2.08. The summed E-state index contributed by atoms with van der Waals surface area (Å²) in [6, 6.07) is 10.6. The Hall–Kier alpha value is -2.14. The van der Waals surface area contributed by atoms with Gasteiger partial charge in [0.2, 0.25) is 0 Å². The number of halogens is 1. The lowest BCUT2D eigenvalue weighted by Gasteiger charge is -2.08. The number of amides is 1. The van der Waals surface area contributed by atoms with Crippen molar-refractivity contribution in [3.8, 4) is 0 Å². The van der Waals surface area contributed by atoms with Crippen LogP contribution in [-0.2, 0) is 0 Å². The minimum absolute atomic E-state index is 0.217. The van der Waals surface area contributed by atoms with Gasteiger partial charge in [0.15, 0.2) is 11.5 Å². The first-order valence-electron chi connectivity index (χ1n) is 6.69. The predicted octanol–water partition coefficient (Wildman–Crippen LogP) is 3.26. The highest BCUT2D eigenvalue weighted by Crippen LogP contribution is 2.18. The van der Waals surface area contributed by atoms with Crippen molar-refractivity contribution in [1.29, 1.82) is 0 Å². The molecule has 1 amide bonds. The minimum atomic E-state index is -0.217. The molecule has 110 valence electrons. The molecule has 2 aromatic rings. The Morgan fingerprint density at radius 2 is 2.05 bits per heavy atom. The molecule has 0 spiro atoms. The fourth-order valence-corrected chi connectivity index (χ4v) is 1.81. The van der Waals surface area contributed by atoms with Crippen LogP contribution < -0.4 is 10.6 Å². The summed E-state index contributed by atoms with van der Waals surface area (Å²) < 4.78 is 0. The molecule has 0 saturated carbocycles. The summed E-state index contributed by atoms with van der Waals surface area (Å²) in [6.45, 7) is 4.68. The first kappa shape index (κ1) is 15.3. The smallest absolute Gasteiger partial charge is 0.271 e. The molecule has 0 aliphatic heterocycles. The van der Waals surface area contributed by atoms with Crippen LogP contribution in [0.4, 0.5) is 11.5 Å². The Bertz CT molecular complexity index is 613. The van der Waals surface area contributed by atoms with E-state index in [1.54, 1.807) is 24.3 Å². The van der Waals surface area contributed by atoms with Gasteiger partial charge in [-0.3, -0.25) is 4.79 Å². The van der Waals surface area contributed by atoms with Gasteiger partial charge >= 0.3 is 0 Å². The SMILES string of the molecule is CC(C)CNC(=O)c1ccc(Nc2cccc(Cl)c2)nn1. The van der Waals surface area contributed by atoms with Crippen LogP contribution in [0.25, 0.3) is 0 Å². The van der Waals surface area contributed by atoms with E-state index in [1.807, 2.05) is 26.0 Å². The van der Waals surface area contributed by atoms with E-state index in [0.717, 1.165) is 5.69 Å². The maximum atomic E-state index is 11.8. The van der Waals surface area contributed by atoms with E-state index in [9.17, 15) is 4.79 Å². The highest BCUT2D eigenvalue weighted by molar-refractivity contribution is 6.30. The van der Waals surface area contributed by atoms with E-state index in [1.165, 1.54) is 0 Å². The van der Waals surface area contributed by atoms with Crippen molar-refractivity contribution < 1.29 is 4.79 Å². The largest absolute Gasteiger partial charge is 0.350 e. The van der Waals surface area contributed by atoms with Crippen LogP contribution in [0.1, 0.15) is 24.3 Å². The third-order valence-electron chi connectivity index (χ3n) is 2.67. The van der Waals surface area contributed by atoms with Gasteiger partial charge in [-0.15, -0.1) is 10.2 Å². The molecule has 1 aromatic carbocycles. The molecule has 6 heteroatoms. The molecule has 2 N–H and O–H groups in total. The Morgan fingerprint density at radius 3 is 2.67 bits per heavy atom. The van der Waals surface area contributed by atoms with Gasteiger partial charge in [0.05, 0.1) is 0 Å². The van der Waals surface area contributed by atoms with Crippen LogP contribution in [0.15, 0.2) is 36.4 Å². The zero-order valence-electron chi connectivity index (χ0n) is 11.9. The number of rotatable bonds is 5. The van der Waals surface area contributed by atoms with Crippen molar-refractivity contribution in [2.24, 2.45) is 5.92 Å². The minimum Gasteiger partial charge on any atom is -0.350 e. The van der Waals surface area contributed by atoms with Crippen LogP contribution in [0.3, 0.4) is 0 Å². The number of nitrogens with zero attached hydrogens (tertiary/aromatic N) is 2. The molecule has 2 rings (SSSR count). The number of anilines is 2. The van der Waals surface area contributed by atoms with Gasteiger partial charge in [0.1, 0.15) is 0 Å². The maximum Gasteiger partial charge on any atom is 0.271 e. The van der Waals surface area contributed by atoms with Crippen LogP contribution in [0.5, 0.6) is 0 Å². The van der Waals surface area contributed by atoms with Crippen molar-refractivity contribution in [2.45, 2.75) is 13.8 Å². The van der Waals surface area contributed by atoms with Gasteiger partial charge < -0.3 is 10.6 Å². The van der Waals surface area contributed by atoms with Crippen molar-refractivity contribution in [3.05, 3.63) is 47.1 Å². The topological polar surface area (TPSA) is 66.9 Å². The summed E-state index contributed by atoms with van der Waals surface area (Å²) in [7, 11) is 0. The maximum absolute atomic E-state index is 11.8. The molecule has 0 fully saturated rings. The average molecular weight is 305 g/mol. The molecular formula is C15H17ClN4O. The summed E-state index contributed by atoms with van der Waals surface area (Å²) >= 11 is 5.91. The average Bonchev–Trinajstić information content (AvgIpc) is 2.45. The number of nitrogens with one attached hydrogen (secondary N) is 2. The Labute approximate surface area is 128 Å². The monoisotopic (exact) mass is 304 g/mol. The molecule has 0 aliphatic carbocycles. The second-order valence-corrected chi connectivity index (χ2v) is 5.48. The van der Waals surface area contributed by atoms with Crippen molar-refractivity contribution in [1.82, 2.24) is 15.5 Å². The molecule has 0 unspecified atom stereocenters. The number of aromatic nitrogens is 2. The highest BCUT2D eigenvalue weighted by atomic mass is 35.5. The molecule has 0 radical (unpaired) electrons. The standard InChI is InChI=1S/C15H17ClN4O/c1-10(2)9-17-15(21)13-6-7-14(20-19-13)18-12-5-3-4-11(16)8-12/h3-8,10H,9H2,1-2H3,(H,17,21)(H,18,20). The lowest BCUT2D eigenvalue weighted by atomic mass is 10.2. The molecule has 5 nitrogen and oxygen atoms in total. The quantitative estimate of drug-likeness (QED) is 0.890. The van der Waals surface area contributed by atoms with E-state index < -0.39 is 0 Å². The lowest BCUT2D eigenvalue weighted by molar-refractivity contribution is 0.0943. The molecule has 1 heterocycles. The first-order chi connectivity index (χ1) is 10.0. The molecule has 0 aliphatic rings. The van der Waals surface area contributed by atoms with Crippen molar-refractivity contribution in [3.63, 3.8) is 0 Å². The van der Waals surface area contributed by atoms with E-state index in [0.29, 0.717) is 29.0 Å². The van der Waals surface area contributed by atoms with E-state index in [-0.39, 0.29) is 5.91 Å². The van der Waals surface area contributed by atoms with Gasteiger partial charge in [0.25, 0.3) is 5.91 Å². The number of hydrogen-bond acceptors (Lipinski definition) is 4. The second kappa shape index (κ2) is 7.04. The van der Waals surface area contributed by atoms with E-state index in [2.05, 4.69) is 20.8 Å². The van der Waals surface area contributed by atoms with Gasteiger partial charge in [-0.05, 0) is 36.2 Å². The normalized spacial score (nSPS) is 10.5. The Kier molecular flexibility index (Phi) is 5.11. The number of hydrogen-bond donors (Lipinski definition) is 2. The van der Waals surface area contributed by atoms with Crippen molar-refractivity contribution >= 4 is 29.0 Å². The van der Waals surface area contributed by atoms with Crippen LogP contribution in [0.2, 0.25) is 5.02 Å². The molecule has 0 atom stereocenters. The Morgan fingerprint density at radius 1 is 1.24 bits per heavy atom. The first-order valence-corrected chi connectivity index (χ1v) is 7.07. The summed E-state index contributed by atoms with van der Waals surface area (Å²) in [5, 5.41) is 14.4. The van der Waals surface area contributed by atoms with Crippen molar-refractivity contribution in [2.75, 3.05) is 11.9 Å². The number of carbonyl (C=O) groups is 1. The fraction of sp³-hybridized carbons (Fsp3) is 0.267. The number of carbonyl (C=O) groups excluding carboxylic acids is 1. The predicted molar refractivity (Wildman–Crippen MR) is 83.9 cm³/mol. The van der Waals surface area contributed by atoms with Crippen LogP contribution in [-0.4, -0.2) is 22.6 Å². The lowest BCUT2D eigenvalue weighted by Crippen LogP contribution is -2.28. The van der Waals surface area contributed by atoms with E-state index in [4.69, 9.17) is 11.6 Å². The fourth-order valence-electron chi connectivity index (χ4n) is 1.62. The van der Waals surface area contributed by atoms with Gasteiger partial charge in [-0.2, -0.15) is 0 Å². The zero-order chi connectivity index (χ0) is 15.2. The summed E-state index contributed by atoms with van der Waals surface area (Å²) in [5.41, 5.74) is 1.11. The molecular weight excluding hydrogens is 288 g/mol. The van der Waals surface area contributed by atoms with Gasteiger partial charge in [-0.1, -0.05) is 31.5 Å². The number of benzene rings is 1. The van der Waals surface area contributed by atoms with Gasteiger partial charge in [0, 0.05) is 17.3 Å². The second-order valence-electron chi connectivity index (χ2n) is 5.04. The van der Waals surface area contributed by atoms with Gasteiger partial charge in [-0.25, -0.2) is 0 Å². The molecule has 0 saturated heterocycles. The summed E-state index contributed by atoms with van der Waals surface area (Å²) in [6.07, 6.45) is 0. The van der Waals surface area contributed by atoms with E-state index >= 15 is 0 Å². The third kappa shape index (κ3) is 4.72. The van der Waals surface area contributed by atoms with Crippen LogP contribution >= 0.6 is 11.6 Å². The summed E-state index contributed by atoms with van der Waals surface area (Å²) in [5.74, 6) is 0.730.